The van der Waals surface area contributed by atoms with E-state index in [1.54, 1.807) is 6.07 Å². The first-order valence-corrected chi connectivity index (χ1v) is 10.0. The van der Waals surface area contributed by atoms with E-state index in [1.807, 2.05) is 12.1 Å². The normalized spacial score (nSPS) is 19.8. The number of fused-ring (bicyclic) bond motifs is 3. The van der Waals surface area contributed by atoms with E-state index in [9.17, 15) is 14.7 Å². The summed E-state index contributed by atoms with van der Waals surface area (Å²) in [4.78, 5) is 33.8. The Balaban J connectivity index is 1.40. The summed E-state index contributed by atoms with van der Waals surface area (Å²) < 4.78 is 0. The smallest absolute Gasteiger partial charge is 0.335 e. The van der Waals surface area contributed by atoms with Crippen molar-refractivity contribution >= 4 is 17.6 Å². The van der Waals surface area contributed by atoms with E-state index in [4.69, 9.17) is 4.98 Å². The lowest BCUT2D eigenvalue weighted by Crippen LogP contribution is -2.45. The number of carboxylic acids is 1. The molecule has 0 radical (unpaired) electrons. The number of H-pyrrole nitrogens is 1. The highest BCUT2D eigenvalue weighted by molar-refractivity contribution is 5.89. The summed E-state index contributed by atoms with van der Waals surface area (Å²) in [6.07, 6.45) is 5.68. The average molecular weight is 380 g/mol. The lowest BCUT2D eigenvalue weighted by Gasteiger charge is -2.39. The van der Waals surface area contributed by atoms with Crippen LogP contribution in [0.3, 0.4) is 0 Å². The van der Waals surface area contributed by atoms with Crippen LogP contribution in [0.15, 0.2) is 23.0 Å². The van der Waals surface area contributed by atoms with Crippen LogP contribution in [0.4, 0.5) is 11.6 Å². The second-order valence-electron chi connectivity index (χ2n) is 8.21. The molecule has 146 valence electrons. The molecule has 1 aliphatic carbocycles. The minimum atomic E-state index is -0.891. The molecule has 0 bridgehead atoms. The van der Waals surface area contributed by atoms with Crippen LogP contribution in [-0.4, -0.2) is 40.7 Å². The van der Waals surface area contributed by atoms with Crippen molar-refractivity contribution < 1.29 is 9.90 Å². The molecular weight excluding hydrogens is 356 g/mol. The minimum absolute atomic E-state index is 0.0129. The summed E-state index contributed by atoms with van der Waals surface area (Å²) in [5.41, 5.74) is 4.27. The van der Waals surface area contributed by atoms with Gasteiger partial charge in [-0.1, -0.05) is 0 Å². The van der Waals surface area contributed by atoms with Crippen LogP contribution >= 0.6 is 0 Å². The van der Waals surface area contributed by atoms with E-state index in [-0.39, 0.29) is 11.0 Å². The fraction of sp³-hybridized carbons (Fsp3) is 0.476. The fourth-order valence-corrected chi connectivity index (χ4v) is 4.96. The van der Waals surface area contributed by atoms with E-state index >= 15 is 0 Å². The Morgan fingerprint density at radius 1 is 1.18 bits per heavy atom. The molecule has 0 amide bonds. The van der Waals surface area contributed by atoms with Crippen LogP contribution in [0.2, 0.25) is 0 Å². The Morgan fingerprint density at radius 3 is 2.75 bits per heavy atom. The summed E-state index contributed by atoms with van der Waals surface area (Å²) in [7, 11) is 0. The number of nitrogens with one attached hydrogen (secondary N) is 2. The molecule has 3 N–H and O–H groups in total. The summed E-state index contributed by atoms with van der Waals surface area (Å²) in [6, 6.07) is 5.36. The molecule has 7 heteroatoms. The first-order valence-electron chi connectivity index (χ1n) is 10.0. The molecule has 28 heavy (non-hydrogen) atoms. The van der Waals surface area contributed by atoms with Crippen LogP contribution in [0, 0.1) is 0 Å². The van der Waals surface area contributed by atoms with Crippen molar-refractivity contribution in [3.8, 4) is 0 Å². The summed E-state index contributed by atoms with van der Waals surface area (Å²) in [5.74, 6) is -0.205. The van der Waals surface area contributed by atoms with Crippen LogP contribution in [0.1, 0.15) is 52.9 Å². The van der Waals surface area contributed by atoms with Gasteiger partial charge in [0.25, 0.3) is 5.56 Å². The van der Waals surface area contributed by atoms with Gasteiger partial charge in [0.2, 0.25) is 5.95 Å². The van der Waals surface area contributed by atoms with Crippen molar-refractivity contribution in [1.29, 1.82) is 0 Å². The topological polar surface area (TPSA) is 98.3 Å². The van der Waals surface area contributed by atoms with Gasteiger partial charge in [-0.3, -0.25) is 9.78 Å². The van der Waals surface area contributed by atoms with Crippen molar-refractivity contribution in [2.45, 2.75) is 43.9 Å². The van der Waals surface area contributed by atoms with Crippen LogP contribution in [0.25, 0.3) is 0 Å². The number of aromatic amines is 1. The molecule has 1 aromatic carbocycles. The zero-order valence-electron chi connectivity index (χ0n) is 15.8. The number of nitrogens with zero attached hydrogens (tertiary/aromatic N) is 2. The second kappa shape index (κ2) is 6.36. The lowest BCUT2D eigenvalue weighted by molar-refractivity contribution is 0.0696. The van der Waals surface area contributed by atoms with Gasteiger partial charge in [-0.15, -0.1) is 0 Å². The number of rotatable bonds is 2. The maximum absolute atomic E-state index is 12.5. The van der Waals surface area contributed by atoms with Gasteiger partial charge in [-0.2, -0.15) is 0 Å². The molecule has 2 aliphatic heterocycles. The second-order valence-corrected chi connectivity index (χ2v) is 8.21. The van der Waals surface area contributed by atoms with Crippen molar-refractivity contribution in [1.82, 2.24) is 9.97 Å². The van der Waals surface area contributed by atoms with Crippen LogP contribution in [0.5, 0.6) is 0 Å². The number of anilines is 2. The Morgan fingerprint density at radius 2 is 1.96 bits per heavy atom. The predicted molar refractivity (Wildman–Crippen MR) is 107 cm³/mol. The highest BCUT2D eigenvalue weighted by atomic mass is 16.4. The monoisotopic (exact) mass is 380 g/mol. The van der Waals surface area contributed by atoms with Crippen molar-refractivity contribution in [2.24, 2.45) is 0 Å². The molecule has 0 unspecified atom stereocenters. The molecule has 3 aliphatic rings. The van der Waals surface area contributed by atoms with Crippen molar-refractivity contribution in [3.63, 3.8) is 0 Å². The third-order valence-corrected chi connectivity index (χ3v) is 6.65. The van der Waals surface area contributed by atoms with E-state index < -0.39 is 5.97 Å². The number of benzene rings is 1. The molecule has 2 aromatic rings. The number of aryl methyl sites for hydroxylation is 1. The molecule has 0 atom stereocenters. The standard InChI is InChI=1S/C21H24N4O3/c26-18-14-3-1-2-4-16(14)23-20(24-18)25-9-7-21(8-10-25)12-22-17-6-5-13(19(27)28)11-15(17)21/h5-6,11,22H,1-4,7-10,12H2,(H,27,28)(H,23,24,26). The maximum Gasteiger partial charge on any atom is 0.335 e. The predicted octanol–water partition coefficient (Wildman–Crippen LogP) is 2.31. The summed E-state index contributed by atoms with van der Waals surface area (Å²) in [6.45, 7) is 2.41. The van der Waals surface area contributed by atoms with Gasteiger partial charge in [0.15, 0.2) is 0 Å². The number of hydrogen-bond donors (Lipinski definition) is 3. The number of piperidine rings is 1. The van der Waals surface area contributed by atoms with Gasteiger partial charge in [0.1, 0.15) is 0 Å². The Labute approximate surface area is 162 Å². The number of aromatic carboxylic acids is 1. The van der Waals surface area contributed by atoms with Gasteiger partial charge in [0, 0.05) is 36.3 Å². The Hall–Kier alpha value is -2.83. The molecule has 7 nitrogen and oxygen atoms in total. The Kier molecular flexibility index (Phi) is 3.92. The van der Waals surface area contributed by atoms with Gasteiger partial charge >= 0.3 is 5.97 Å². The molecule has 1 fully saturated rings. The molecule has 5 rings (SSSR count). The van der Waals surface area contributed by atoms with Crippen molar-refractivity contribution in [3.05, 3.63) is 50.9 Å². The highest BCUT2D eigenvalue weighted by Crippen LogP contribution is 2.44. The third-order valence-electron chi connectivity index (χ3n) is 6.65. The van der Waals surface area contributed by atoms with Gasteiger partial charge in [-0.25, -0.2) is 9.78 Å². The van der Waals surface area contributed by atoms with Gasteiger partial charge in [0.05, 0.1) is 11.3 Å². The average Bonchev–Trinajstić information content (AvgIpc) is 3.06. The molecule has 1 saturated heterocycles. The molecule has 1 spiro atoms. The molecule has 1 aromatic heterocycles. The number of hydrogen-bond acceptors (Lipinski definition) is 5. The fourth-order valence-electron chi connectivity index (χ4n) is 4.96. The maximum atomic E-state index is 12.5. The molecule has 3 heterocycles. The summed E-state index contributed by atoms with van der Waals surface area (Å²) >= 11 is 0. The van der Waals surface area contributed by atoms with Crippen molar-refractivity contribution in [2.75, 3.05) is 29.9 Å². The van der Waals surface area contributed by atoms with Gasteiger partial charge in [-0.05, 0) is 62.3 Å². The summed E-state index contributed by atoms with van der Waals surface area (Å²) in [5, 5.41) is 12.8. The number of carboxylic acid groups (broad SMARTS) is 1. The van der Waals surface area contributed by atoms with E-state index in [1.165, 1.54) is 0 Å². The first-order chi connectivity index (χ1) is 13.6. The van der Waals surface area contributed by atoms with E-state index in [2.05, 4.69) is 15.2 Å². The van der Waals surface area contributed by atoms with Crippen LogP contribution in [-0.2, 0) is 18.3 Å². The zero-order chi connectivity index (χ0) is 19.3. The quantitative estimate of drug-likeness (QED) is 0.740. The molecular formula is C21H24N4O3. The lowest BCUT2D eigenvalue weighted by atomic mass is 9.74. The van der Waals surface area contributed by atoms with Gasteiger partial charge < -0.3 is 15.3 Å². The number of aromatic nitrogens is 2. The van der Waals surface area contributed by atoms with E-state index in [0.717, 1.165) is 80.7 Å². The number of carbonyl (C=O) groups is 1. The Bertz CT molecular complexity index is 1010. The third kappa shape index (κ3) is 2.68. The van der Waals surface area contributed by atoms with E-state index in [0.29, 0.717) is 11.5 Å². The zero-order valence-corrected chi connectivity index (χ0v) is 15.8. The first kappa shape index (κ1) is 17.3. The molecule has 0 saturated carbocycles. The largest absolute Gasteiger partial charge is 0.478 e. The highest BCUT2D eigenvalue weighted by Gasteiger charge is 2.42. The minimum Gasteiger partial charge on any atom is -0.478 e. The van der Waals surface area contributed by atoms with Crippen LogP contribution < -0.4 is 15.8 Å². The SMILES string of the molecule is O=C(O)c1ccc2c(c1)C1(CCN(c3nc4c(c(=O)[nH]3)CCCC4)CC1)CN2.